The van der Waals surface area contributed by atoms with Crippen molar-refractivity contribution in [3.63, 3.8) is 0 Å². The number of hydrogen-bond acceptors (Lipinski definition) is 3. The second kappa shape index (κ2) is 7.11. The summed E-state index contributed by atoms with van der Waals surface area (Å²) in [5.74, 6) is 0.882. The van der Waals surface area contributed by atoms with Crippen LogP contribution >= 0.6 is 0 Å². The Morgan fingerprint density at radius 3 is 2.72 bits per heavy atom. The molecule has 0 radical (unpaired) electrons. The van der Waals surface area contributed by atoms with Crippen LogP contribution in [0.2, 0.25) is 0 Å². The molecule has 1 aliphatic heterocycles. The lowest BCUT2D eigenvalue weighted by molar-refractivity contribution is 0.112. The van der Waals surface area contributed by atoms with Crippen molar-refractivity contribution in [1.82, 2.24) is 10.2 Å². The summed E-state index contributed by atoms with van der Waals surface area (Å²) in [5, 5.41) is 12.2. The molecule has 1 saturated heterocycles. The first kappa shape index (κ1) is 15.5. The quantitative estimate of drug-likeness (QED) is 0.789. The maximum atomic E-state index is 9.13. The fraction of sp³-hybridized carbons (Fsp3) is 0.933. The maximum absolute atomic E-state index is 9.13. The van der Waals surface area contributed by atoms with E-state index < -0.39 is 0 Å². The molecule has 3 nitrogen and oxygen atoms in total. The zero-order chi connectivity index (χ0) is 13.6. The van der Waals surface area contributed by atoms with Crippen LogP contribution in [0.5, 0.6) is 0 Å². The number of nitriles is 1. The molecule has 0 amide bonds. The number of nitrogens with one attached hydrogen (secondary N) is 1. The van der Waals surface area contributed by atoms with Gasteiger partial charge in [-0.1, -0.05) is 13.3 Å². The first-order chi connectivity index (χ1) is 8.54. The van der Waals surface area contributed by atoms with Crippen molar-refractivity contribution < 1.29 is 0 Å². The van der Waals surface area contributed by atoms with Gasteiger partial charge in [0.2, 0.25) is 0 Å². The molecule has 1 N–H and O–H groups in total. The Morgan fingerprint density at radius 1 is 1.44 bits per heavy atom. The normalized spacial score (nSPS) is 28.6. The minimum atomic E-state index is -0.358. The highest BCUT2D eigenvalue weighted by Gasteiger charge is 2.25. The Hall–Kier alpha value is -0.590. The van der Waals surface area contributed by atoms with Crippen LogP contribution in [0.15, 0.2) is 0 Å². The van der Waals surface area contributed by atoms with Crippen molar-refractivity contribution in [3.05, 3.63) is 0 Å². The average molecular weight is 251 g/mol. The van der Waals surface area contributed by atoms with Crippen LogP contribution in [0.3, 0.4) is 0 Å². The molecule has 0 saturated carbocycles. The summed E-state index contributed by atoms with van der Waals surface area (Å²) in [5.41, 5.74) is -0.358. The molecule has 1 heterocycles. The van der Waals surface area contributed by atoms with Gasteiger partial charge >= 0.3 is 0 Å². The van der Waals surface area contributed by atoms with Crippen molar-refractivity contribution in [3.8, 4) is 6.07 Å². The van der Waals surface area contributed by atoms with Crippen molar-refractivity contribution in [2.75, 3.05) is 20.1 Å². The third-order valence-electron chi connectivity index (χ3n) is 4.61. The van der Waals surface area contributed by atoms with Gasteiger partial charge in [0.05, 0.1) is 6.07 Å². The lowest BCUT2D eigenvalue weighted by atomic mass is 9.91. The molecule has 0 spiro atoms. The Labute approximate surface area is 113 Å². The highest BCUT2D eigenvalue weighted by Crippen LogP contribution is 2.24. The molecule has 0 bridgehead atoms. The van der Waals surface area contributed by atoms with Gasteiger partial charge in [-0.2, -0.15) is 5.26 Å². The van der Waals surface area contributed by atoms with Crippen LogP contribution in [0, 0.1) is 17.2 Å². The summed E-state index contributed by atoms with van der Waals surface area (Å²) >= 11 is 0. The van der Waals surface area contributed by atoms with Crippen LogP contribution in [-0.4, -0.2) is 36.6 Å². The van der Waals surface area contributed by atoms with Gasteiger partial charge in [-0.3, -0.25) is 0 Å². The molecule has 104 valence electrons. The van der Waals surface area contributed by atoms with Crippen LogP contribution in [0.1, 0.15) is 52.9 Å². The zero-order valence-electron chi connectivity index (χ0n) is 12.5. The molecule has 1 aliphatic rings. The molecule has 0 aromatic carbocycles. The average Bonchev–Trinajstić information content (AvgIpc) is 2.40. The van der Waals surface area contributed by atoms with Crippen molar-refractivity contribution in [2.45, 2.75) is 64.5 Å². The van der Waals surface area contributed by atoms with Gasteiger partial charge in [-0.05, 0) is 59.0 Å². The SMILES string of the molecule is CCC1CCC(C)N(CCCC(C)(C#N)NC)C1. The second-order valence-electron chi connectivity index (χ2n) is 5.99. The Morgan fingerprint density at radius 2 is 2.17 bits per heavy atom. The molecule has 0 aromatic rings. The van der Waals surface area contributed by atoms with Gasteiger partial charge in [0.1, 0.15) is 5.54 Å². The Bertz CT molecular complexity index is 284. The number of piperidine rings is 1. The van der Waals surface area contributed by atoms with Crippen molar-refractivity contribution in [2.24, 2.45) is 5.92 Å². The maximum Gasteiger partial charge on any atom is 0.103 e. The minimum Gasteiger partial charge on any atom is -0.303 e. The van der Waals surface area contributed by atoms with E-state index in [0.29, 0.717) is 0 Å². The van der Waals surface area contributed by atoms with Crippen LogP contribution in [0.25, 0.3) is 0 Å². The van der Waals surface area contributed by atoms with E-state index in [1.807, 2.05) is 14.0 Å². The smallest absolute Gasteiger partial charge is 0.103 e. The molecular weight excluding hydrogens is 222 g/mol. The molecule has 3 atom stereocenters. The van der Waals surface area contributed by atoms with E-state index in [-0.39, 0.29) is 5.54 Å². The molecule has 0 aliphatic carbocycles. The van der Waals surface area contributed by atoms with Crippen LogP contribution in [-0.2, 0) is 0 Å². The standard InChI is InChI=1S/C15H29N3/c1-5-14-8-7-13(2)18(11-14)10-6-9-15(3,12-16)17-4/h13-14,17H,5-11H2,1-4H3. The summed E-state index contributed by atoms with van der Waals surface area (Å²) in [6, 6.07) is 3.09. The summed E-state index contributed by atoms with van der Waals surface area (Å²) in [4.78, 5) is 2.62. The number of hydrogen-bond donors (Lipinski definition) is 1. The Balaban J connectivity index is 2.36. The van der Waals surface area contributed by atoms with Gasteiger partial charge in [-0.15, -0.1) is 0 Å². The van der Waals surface area contributed by atoms with E-state index in [0.717, 1.165) is 31.3 Å². The van der Waals surface area contributed by atoms with Crippen LogP contribution < -0.4 is 5.32 Å². The second-order valence-corrected chi connectivity index (χ2v) is 5.99. The van der Waals surface area contributed by atoms with E-state index >= 15 is 0 Å². The van der Waals surface area contributed by atoms with Gasteiger partial charge in [0.25, 0.3) is 0 Å². The van der Waals surface area contributed by atoms with E-state index in [2.05, 4.69) is 30.1 Å². The van der Waals surface area contributed by atoms with E-state index in [1.54, 1.807) is 0 Å². The lowest BCUT2D eigenvalue weighted by Gasteiger charge is -2.38. The lowest BCUT2D eigenvalue weighted by Crippen LogP contribution is -2.43. The highest BCUT2D eigenvalue weighted by molar-refractivity contribution is 5.02. The predicted molar refractivity (Wildman–Crippen MR) is 76.4 cm³/mol. The largest absolute Gasteiger partial charge is 0.303 e. The van der Waals surface area contributed by atoms with Gasteiger partial charge < -0.3 is 10.2 Å². The number of nitrogens with zero attached hydrogens (tertiary/aromatic N) is 2. The Kier molecular flexibility index (Phi) is 6.11. The molecule has 18 heavy (non-hydrogen) atoms. The third-order valence-corrected chi connectivity index (χ3v) is 4.61. The minimum absolute atomic E-state index is 0.358. The van der Waals surface area contributed by atoms with E-state index in [9.17, 15) is 0 Å². The van der Waals surface area contributed by atoms with Crippen molar-refractivity contribution >= 4 is 0 Å². The number of rotatable bonds is 6. The zero-order valence-corrected chi connectivity index (χ0v) is 12.5. The molecule has 3 heteroatoms. The highest BCUT2D eigenvalue weighted by atomic mass is 15.2. The number of likely N-dealkylation sites (tertiary alicyclic amines) is 1. The molecular formula is C15H29N3. The van der Waals surface area contributed by atoms with E-state index in [4.69, 9.17) is 5.26 Å². The van der Waals surface area contributed by atoms with Gasteiger partial charge in [-0.25, -0.2) is 0 Å². The fourth-order valence-electron chi connectivity index (χ4n) is 2.78. The van der Waals surface area contributed by atoms with Crippen molar-refractivity contribution in [1.29, 1.82) is 5.26 Å². The fourth-order valence-corrected chi connectivity index (χ4v) is 2.78. The van der Waals surface area contributed by atoms with Gasteiger partial charge in [0.15, 0.2) is 0 Å². The van der Waals surface area contributed by atoms with Crippen LogP contribution in [0.4, 0.5) is 0 Å². The third kappa shape index (κ3) is 4.26. The molecule has 3 unspecified atom stereocenters. The summed E-state index contributed by atoms with van der Waals surface area (Å²) in [6.07, 6.45) is 6.06. The molecule has 1 fully saturated rings. The molecule has 0 aromatic heterocycles. The first-order valence-electron chi connectivity index (χ1n) is 7.39. The van der Waals surface area contributed by atoms with E-state index in [1.165, 1.54) is 25.8 Å². The summed E-state index contributed by atoms with van der Waals surface area (Å²) in [7, 11) is 1.87. The van der Waals surface area contributed by atoms with Gasteiger partial charge in [0, 0.05) is 12.6 Å². The topological polar surface area (TPSA) is 39.1 Å². The summed E-state index contributed by atoms with van der Waals surface area (Å²) < 4.78 is 0. The monoisotopic (exact) mass is 251 g/mol. The predicted octanol–water partition coefficient (Wildman–Crippen LogP) is 2.78. The summed E-state index contributed by atoms with van der Waals surface area (Å²) in [6.45, 7) is 9.01. The molecule has 1 rings (SSSR count). The first-order valence-corrected chi connectivity index (χ1v) is 7.39.